The first-order valence-electron chi connectivity index (χ1n) is 15.4. The lowest BCUT2D eigenvalue weighted by Crippen LogP contribution is -2.56. The monoisotopic (exact) mass is 640 g/mol. The number of carbonyl (C=O) groups excluding carboxylic acids is 4. The summed E-state index contributed by atoms with van der Waals surface area (Å²) in [5.74, 6) is -1.34. The van der Waals surface area contributed by atoms with Crippen LogP contribution in [-0.2, 0) is 20.9 Å². The summed E-state index contributed by atoms with van der Waals surface area (Å²) < 4.78 is 11.0. The number of hydrogen-bond donors (Lipinski definition) is 4. The number of hydrogen-bond acceptors (Lipinski definition) is 8. The van der Waals surface area contributed by atoms with E-state index in [4.69, 9.17) is 9.26 Å². The molecule has 1 aliphatic rings. The van der Waals surface area contributed by atoms with E-state index < -0.39 is 41.3 Å². The molecule has 4 N–H and O–H groups in total. The van der Waals surface area contributed by atoms with E-state index in [0.29, 0.717) is 17.1 Å². The zero-order chi connectivity index (χ0) is 34.1. The molecule has 1 heterocycles. The number of nitrogens with one attached hydrogen (secondary N) is 4. The van der Waals surface area contributed by atoms with Crippen LogP contribution in [0.5, 0.6) is 5.75 Å². The zero-order valence-corrected chi connectivity index (χ0v) is 27.2. The van der Waals surface area contributed by atoms with E-state index in [-0.39, 0.29) is 30.3 Å². The van der Waals surface area contributed by atoms with Gasteiger partial charge in [-0.25, -0.2) is 0 Å². The first-order chi connectivity index (χ1) is 22.3. The predicted octanol–water partition coefficient (Wildman–Crippen LogP) is 3.50. The molecule has 1 aromatic heterocycles. The van der Waals surface area contributed by atoms with Crippen molar-refractivity contribution in [3.63, 3.8) is 0 Å². The summed E-state index contributed by atoms with van der Waals surface area (Å²) in [5, 5.41) is 24.4. The van der Waals surface area contributed by atoms with Crippen LogP contribution in [0.2, 0.25) is 0 Å². The Morgan fingerprint density at radius 3 is 2.38 bits per heavy atom. The Labute approximate surface area is 273 Å². The highest BCUT2D eigenvalue weighted by molar-refractivity contribution is 6.02. The number of nitrogens with zero attached hydrogens (tertiary/aromatic N) is 2. The molecule has 1 fully saturated rings. The standard InChI is InChI=1S/C35H40N6O6/c1-21-9-11-23(12-10-21)19-37-32(43)29(38-34(45)30(25-13-14-25)39-33(44)28-15-22(2)47-41-28)20-46-27-8-6-7-24(17-27)16-26(18-36)31(42)40-35(3,4)5/h6-12,15-17,25,29-30H,13-14,19-20H2,1-5H3,(H,37,43)(H,38,45)(H,39,44)(H,40,42). The topological polar surface area (TPSA) is 175 Å². The maximum absolute atomic E-state index is 13.5. The van der Waals surface area contributed by atoms with Gasteiger partial charge in [0.15, 0.2) is 5.69 Å². The van der Waals surface area contributed by atoms with Crippen LogP contribution in [0.25, 0.3) is 6.08 Å². The molecule has 1 aliphatic carbocycles. The molecule has 0 radical (unpaired) electrons. The minimum Gasteiger partial charge on any atom is -0.491 e. The van der Waals surface area contributed by atoms with Crippen molar-refractivity contribution in [3.05, 3.63) is 88.3 Å². The molecule has 12 nitrogen and oxygen atoms in total. The van der Waals surface area contributed by atoms with Gasteiger partial charge >= 0.3 is 0 Å². The van der Waals surface area contributed by atoms with Crippen LogP contribution < -0.4 is 26.0 Å². The van der Waals surface area contributed by atoms with E-state index in [9.17, 15) is 24.4 Å². The molecule has 4 amide bonds. The van der Waals surface area contributed by atoms with Gasteiger partial charge in [-0.3, -0.25) is 19.2 Å². The minimum absolute atomic E-state index is 0.0565. The molecule has 0 aliphatic heterocycles. The average Bonchev–Trinajstić information content (AvgIpc) is 3.77. The summed E-state index contributed by atoms with van der Waals surface area (Å²) in [6, 6.07) is 15.8. The Bertz CT molecular complexity index is 1680. The van der Waals surface area contributed by atoms with Crippen molar-refractivity contribution in [1.82, 2.24) is 26.4 Å². The highest BCUT2D eigenvalue weighted by atomic mass is 16.5. The van der Waals surface area contributed by atoms with Crippen LogP contribution in [0.15, 0.2) is 64.7 Å². The fourth-order valence-electron chi connectivity index (χ4n) is 4.58. The third-order valence-electron chi connectivity index (χ3n) is 7.18. The summed E-state index contributed by atoms with van der Waals surface area (Å²) >= 11 is 0. The van der Waals surface area contributed by atoms with E-state index in [0.717, 1.165) is 24.0 Å². The first-order valence-corrected chi connectivity index (χ1v) is 15.4. The molecule has 0 saturated heterocycles. The highest BCUT2D eigenvalue weighted by Gasteiger charge is 2.39. The minimum atomic E-state index is -1.12. The molecule has 47 heavy (non-hydrogen) atoms. The fourth-order valence-corrected chi connectivity index (χ4v) is 4.58. The van der Waals surface area contributed by atoms with E-state index in [1.165, 1.54) is 12.1 Å². The Hall–Kier alpha value is -5.44. The first kappa shape index (κ1) is 34.4. The third kappa shape index (κ3) is 10.6. The smallest absolute Gasteiger partial charge is 0.274 e. The van der Waals surface area contributed by atoms with Crippen LogP contribution in [0.3, 0.4) is 0 Å². The Morgan fingerprint density at radius 2 is 1.77 bits per heavy atom. The lowest BCUT2D eigenvalue weighted by molar-refractivity contribution is -0.131. The van der Waals surface area contributed by atoms with Crippen LogP contribution >= 0.6 is 0 Å². The van der Waals surface area contributed by atoms with Crippen molar-refractivity contribution < 1.29 is 28.4 Å². The maximum Gasteiger partial charge on any atom is 0.274 e. The molecular formula is C35H40N6O6. The van der Waals surface area contributed by atoms with Gasteiger partial charge in [0.05, 0.1) is 0 Å². The van der Waals surface area contributed by atoms with Gasteiger partial charge in [0.1, 0.15) is 41.8 Å². The zero-order valence-electron chi connectivity index (χ0n) is 27.2. The fraction of sp³-hybridized carbons (Fsp3) is 0.371. The molecule has 2 aromatic carbocycles. The second-order valence-electron chi connectivity index (χ2n) is 12.6. The molecule has 0 spiro atoms. The molecular weight excluding hydrogens is 600 g/mol. The van der Waals surface area contributed by atoms with E-state index in [1.54, 1.807) is 31.2 Å². The molecule has 4 rings (SSSR count). The molecule has 246 valence electrons. The van der Waals surface area contributed by atoms with E-state index in [1.807, 2.05) is 58.0 Å². The summed E-state index contributed by atoms with van der Waals surface area (Å²) in [6.45, 7) is 9.08. The maximum atomic E-state index is 13.5. The van der Waals surface area contributed by atoms with Crippen molar-refractivity contribution >= 4 is 29.7 Å². The van der Waals surface area contributed by atoms with Gasteiger partial charge in [-0.15, -0.1) is 0 Å². The Balaban J connectivity index is 1.49. The van der Waals surface area contributed by atoms with Gasteiger partial charge in [0.2, 0.25) is 11.8 Å². The number of ether oxygens (including phenoxy) is 1. The highest BCUT2D eigenvalue weighted by Crippen LogP contribution is 2.33. The predicted molar refractivity (Wildman–Crippen MR) is 174 cm³/mol. The number of rotatable bonds is 13. The second-order valence-corrected chi connectivity index (χ2v) is 12.6. The van der Waals surface area contributed by atoms with Crippen LogP contribution in [0.4, 0.5) is 0 Å². The number of benzene rings is 2. The van der Waals surface area contributed by atoms with Crippen molar-refractivity contribution in [3.8, 4) is 11.8 Å². The van der Waals surface area contributed by atoms with Gasteiger partial charge in [0.25, 0.3) is 11.8 Å². The van der Waals surface area contributed by atoms with Crippen molar-refractivity contribution in [1.29, 1.82) is 5.26 Å². The molecule has 0 bridgehead atoms. The molecule has 12 heteroatoms. The number of aryl methyl sites for hydroxylation is 2. The molecule has 1 saturated carbocycles. The van der Waals surface area contributed by atoms with Gasteiger partial charge in [-0.2, -0.15) is 5.26 Å². The van der Waals surface area contributed by atoms with Crippen molar-refractivity contribution in [2.24, 2.45) is 5.92 Å². The SMILES string of the molecule is Cc1ccc(CNC(=O)C(COc2cccc(C=C(C#N)C(=O)NC(C)(C)C)c2)NC(=O)C(NC(=O)c2cc(C)on2)C2CC2)cc1. The largest absolute Gasteiger partial charge is 0.491 e. The van der Waals surface area contributed by atoms with Gasteiger partial charge in [0, 0.05) is 18.2 Å². The summed E-state index contributed by atoms with van der Waals surface area (Å²) in [7, 11) is 0. The molecule has 2 atom stereocenters. The van der Waals surface area contributed by atoms with Gasteiger partial charge in [-0.05, 0) is 82.7 Å². The Kier molecular flexibility index (Phi) is 11.2. The van der Waals surface area contributed by atoms with E-state index in [2.05, 4.69) is 26.4 Å². The third-order valence-corrected chi connectivity index (χ3v) is 7.18. The number of amides is 4. The average molecular weight is 641 g/mol. The van der Waals surface area contributed by atoms with Gasteiger partial charge in [-0.1, -0.05) is 47.1 Å². The quantitative estimate of drug-likeness (QED) is 0.162. The van der Waals surface area contributed by atoms with Crippen molar-refractivity contribution in [2.75, 3.05) is 6.61 Å². The van der Waals surface area contributed by atoms with Crippen molar-refractivity contribution in [2.45, 2.75) is 71.6 Å². The summed E-state index contributed by atoms with van der Waals surface area (Å²) in [6.07, 6.45) is 2.94. The summed E-state index contributed by atoms with van der Waals surface area (Å²) in [5.41, 5.74) is 1.96. The van der Waals surface area contributed by atoms with Gasteiger partial charge < -0.3 is 30.5 Å². The second kappa shape index (κ2) is 15.2. The lowest BCUT2D eigenvalue weighted by Gasteiger charge is -2.23. The number of carbonyl (C=O) groups is 4. The molecule has 3 aromatic rings. The van der Waals surface area contributed by atoms with Crippen LogP contribution in [0.1, 0.15) is 66.6 Å². The Morgan fingerprint density at radius 1 is 1.04 bits per heavy atom. The van der Waals surface area contributed by atoms with Crippen LogP contribution in [-0.4, -0.2) is 53.0 Å². The summed E-state index contributed by atoms with van der Waals surface area (Å²) in [4.78, 5) is 52.3. The van der Waals surface area contributed by atoms with Crippen LogP contribution in [0, 0.1) is 31.1 Å². The normalized spacial score (nSPS) is 14.3. The van der Waals surface area contributed by atoms with E-state index >= 15 is 0 Å². The number of nitriles is 1. The number of aromatic nitrogens is 1. The molecule has 2 unspecified atom stereocenters. The lowest BCUT2D eigenvalue weighted by atomic mass is 10.1.